The lowest BCUT2D eigenvalue weighted by atomic mass is 9.85. The second kappa shape index (κ2) is 3.75. The van der Waals surface area contributed by atoms with Gasteiger partial charge in [-0.1, -0.05) is 23.3 Å². The van der Waals surface area contributed by atoms with Crippen molar-refractivity contribution in [1.29, 1.82) is 0 Å². The molecule has 11 heavy (non-hydrogen) atoms. The zero-order valence-corrected chi connectivity index (χ0v) is 7.85. The summed E-state index contributed by atoms with van der Waals surface area (Å²) < 4.78 is 0. The molecule has 0 saturated carbocycles. The molecule has 0 N–H and O–H groups in total. The highest BCUT2D eigenvalue weighted by molar-refractivity contribution is 5.15. The first-order valence-corrected chi connectivity index (χ1v) is 4.52. The van der Waals surface area contributed by atoms with Gasteiger partial charge in [0.1, 0.15) is 0 Å². The van der Waals surface area contributed by atoms with Crippen molar-refractivity contribution in [2.24, 2.45) is 5.92 Å². The summed E-state index contributed by atoms with van der Waals surface area (Å²) in [5.41, 5.74) is 3.23. The highest BCUT2D eigenvalue weighted by Crippen LogP contribution is 2.29. The number of rotatable bonds is 1. The quantitative estimate of drug-likeness (QED) is 0.500. The lowest BCUT2D eigenvalue weighted by Crippen LogP contribution is -2.05. The Morgan fingerprint density at radius 1 is 1.27 bits per heavy atom. The Hall–Kier alpha value is -0.520. The van der Waals surface area contributed by atoms with Gasteiger partial charge in [-0.25, -0.2) is 0 Å². The highest BCUT2D eigenvalue weighted by Gasteiger charge is 2.12. The Morgan fingerprint density at radius 3 is 2.55 bits per heavy atom. The topological polar surface area (TPSA) is 0 Å². The molecular formula is C11H18. The van der Waals surface area contributed by atoms with Crippen LogP contribution in [0.25, 0.3) is 0 Å². The molecule has 1 atom stereocenters. The van der Waals surface area contributed by atoms with Gasteiger partial charge >= 0.3 is 0 Å². The van der Waals surface area contributed by atoms with E-state index in [1.807, 2.05) is 0 Å². The fraction of sp³-hybridized carbons (Fsp3) is 0.636. The average Bonchev–Trinajstić information content (AvgIpc) is 1.98. The van der Waals surface area contributed by atoms with Gasteiger partial charge in [-0.3, -0.25) is 0 Å². The average molecular weight is 150 g/mol. The maximum Gasteiger partial charge on any atom is -0.0193 e. The third kappa shape index (κ3) is 2.21. The van der Waals surface area contributed by atoms with Gasteiger partial charge in [0.05, 0.1) is 0 Å². The maximum absolute atomic E-state index is 2.34. The van der Waals surface area contributed by atoms with E-state index in [0.717, 1.165) is 5.92 Å². The Balaban J connectivity index is 2.57. The van der Waals surface area contributed by atoms with E-state index in [1.165, 1.54) is 19.3 Å². The van der Waals surface area contributed by atoms with Gasteiger partial charge in [0, 0.05) is 0 Å². The first-order chi connectivity index (χ1) is 5.24. The summed E-state index contributed by atoms with van der Waals surface area (Å²) in [6.07, 6.45) is 8.47. The van der Waals surface area contributed by atoms with Gasteiger partial charge in [-0.15, -0.1) is 0 Å². The molecule has 0 fully saturated rings. The first kappa shape index (κ1) is 8.58. The van der Waals surface area contributed by atoms with Gasteiger partial charge in [0.25, 0.3) is 0 Å². The summed E-state index contributed by atoms with van der Waals surface area (Å²) in [5.74, 6) is 0.823. The molecule has 1 unspecified atom stereocenters. The zero-order valence-electron chi connectivity index (χ0n) is 7.85. The molecule has 0 aliphatic heterocycles. The van der Waals surface area contributed by atoms with Crippen molar-refractivity contribution in [1.82, 2.24) is 0 Å². The molecular weight excluding hydrogens is 132 g/mol. The maximum atomic E-state index is 2.34. The van der Waals surface area contributed by atoms with Crippen LogP contribution in [-0.2, 0) is 0 Å². The lowest BCUT2D eigenvalue weighted by molar-refractivity contribution is 0.546. The predicted octanol–water partition coefficient (Wildman–Crippen LogP) is 3.70. The molecule has 1 rings (SSSR count). The van der Waals surface area contributed by atoms with E-state index >= 15 is 0 Å². The summed E-state index contributed by atoms with van der Waals surface area (Å²) >= 11 is 0. The van der Waals surface area contributed by atoms with E-state index in [-0.39, 0.29) is 0 Å². The standard InChI is InChI=1S/C11H18/c1-4-5-11-7-6-9(2)10(3)8-11/h4-5,11H,6-8H2,1-3H3/b5-4+. The summed E-state index contributed by atoms with van der Waals surface area (Å²) in [7, 11) is 0. The number of hydrogen-bond donors (Lipinski definition) is 0. The second-order valence-corrected chi connectivity index (χ2v) is 3.59. The third-order valence-electron chi connectivity index (χ3n) is 2.65. The molecule has 0 amide bonds. The Kier molecular flexibility index (Phi) is 2.92. The van der Waals surface area contributed by atoms with Gasteiger partial charge in [0.2, 0.25) is 0 Å². The number of allylic oxidation sites excluding steroid dienone is 4. The smallest absolute Gasteiger partial charge is 0.0193 e. The molecule has 0 bridgehead atoms. The van der Waals surface area contributed by atoms with Crippen molar-refractivity contribution < 1.29 is 0 Å². The Morgan fingerprint density at radius 2 is 2.00 bits per heavy atom. The molecule has 1 aliphatic rings. The van der Waals surface area contributed by atoms with E-state index < -0.39 is 0 Å². The molecule has 0 nitrogen and oxygen atoms in total. The van der Waals surface area contributed by atoms with Crippen LogP contribution in [0.15, 0.2) is 23.3 Å². The van der Waals surface area contributed by atoms with E-state index in [0.29, 0.717) is 0 Å². The SMILES string of the molecule is C/C=C/C1CCC(C)=C(C)C1. The summed E-state index contributed by atoms with van der Waals surface area (Å²) in [4.78, 5) is 0. The fourth-order valence-electron chi connectivity index (χ4n) is 1.72. The first-order valence-electron chi connectivity index (χ1n) is 4.52. The van der Waals surface area contributed by atoms with Crippen LogP contribution >= 0.6 is 0 Å². The van der Waals surface area contributed by atoms with Crippen molar-refractivity contribution in [2.75, 3.05) is 0 Å². The zero-order chi connectivity index (χ0) is 8.27. The molecule has 0 heteroatoms. The predicted molar refractivity (Wildman–Crippen MR) is 50.5 cm³/mol. The second-order valence-electron chi connectivity index (χ2n) is 3.59. The third-order valence-corrected chi connectivity index (χ3v) is 2.65. The van der Waals surface area contributed by atoms with Crippen molar-refractivity contribution in [2.45, 2.75) is 40.0 Å². The summed E-state index contributed by atoms with van der Waals surface area (Å²) in [6, 6.07) is 0. The van der Waals surface area contributed by atoms with Crippen LogP contribution in [0.1, 0.15) is 40.0 Å². The molecule has 0 aromatic carbocycles. The summed E-state index contributed by atoms with van der Waals surface area (Å²) in [6.45, 7) is 6.65. The van der Waals surface area contributed by atoms with Crippen LogP contribution < -0.4 is 0 Å². The minimum Gasteiger partial charge on any atom is -0.0914 e. The highest BCUT2D eigenvalue weighted by atomic mass is 14.2. The largest absolute Gasteiger partial charge is 0.0914 e. The monoisotopic (exact) mass is 150 g/mol. The molecule has 62 valence electrons. The molecule has 0 saturated heterocycles. The minimum absolute atomic E-state index is 0.823. The normalized spacial score (nSPS) is 26.6. The Labute approximate surface area is 70.0 Å². The lowest BCUT2D eigenvalue weighted by Gasteiger charge is -2.21. The molecule has 0 heterocycles. The van der Waals surface area contributed by atoms with Crippen LogP contribution in [0.5, 0.6) is 0 Å². The minimum atomic E-state index is 0.823. The number of hydrogen-bond acceptors (Lipinski definition) is 0. The van der Waals surface area contributed by atoms with Crippen LogP contribution in [0, 0.1) is 5.92 Å². The molecule has 0 spiro atoms. The van der Waals surface area contributed by atoms with Crippen LogP contribution in [0.4, 0.5) is 0 Å². The van der Waals surface area contributed by atoms with E-state index in [1.54, 1.807) is 11.1 Å². The van der Waals surface area contributed by atoms with E-state index in [2.05, 4.69) is 32.9 Å². The van der Waals surface area contributed by atoms with Crippen LogP contribution in [0.3, 0.4) is 0 Å². The van der Waals surface area contributed by atoms with Gasteiger partial charge in [0.15, 0.2) is 0 Å². The summed E-state index contributed by atoms with van der Waals surface area (Å²) in [5, 5.41) is 0. The van der Waals surface area contributed by atoms with Crippen molar-refractivity contribution >= 4 is 0 Å². The van der Waals surface area contributed by atoms with Gasteiger partial charge in [-0.2, -0.15) is 0 Å². The van der Waals surface area contributed by atoms with Crippen molar-refractivity contribution in [3.05, 3.63) is 23.3 Å². The Bertz CT molecular complexity index is 184. The molecule has 0 aromatic heterocycles. The van der Waals surface area contributed by atoms with Crippen molar-refractivity contribution in [3.63, 3.8) is 0 Å². The van der Waals surface area contributed by atoms with Gasteiger partial charge in [-0.05, 0) is 46.0 Å². The fourth-order valence-corrected chi connectivity index (χ4v) is 1.72. The molecule has 1 aliphatic carbocycles. The van der Waals surface area contributed by atoms with Crippen LogP contribution in [-0.4, -0.2) is 0 Å². The van der Waals surface area contributed by atoms with Crippen molar-refractivity contribution in [3.8, 4) is 0 Å². The molecule has 0 radical (unpaired) electrons. The van der Waals surface area contributed by atoms with E-state index in [9.17, 15) is 0 Å². The molecule has 0 aromatic rings. The van der Waals surface area contributed by atoms with Crippen LogP contribution in [0.2, 0.25) is 0 Å². The van der Waals surface area contributed by atoms with E-state index in [4.69, 9.17) is 0 Å². The van der Waals surface area contributed by atoms with Gasteiger partial charge < -0.3 is 0 Å².